The summed E-state index contributed by atoms with van der Waals surface area (Å²) in [6, 6.07) is 10.5. The van der Waals surface area contributed by atoms with Gasteiger partial charge in [0.25, 0.3) is 0 Å². The fraction of sp³-hybridized carbons (Fsp3) is 0.718. The molecule has 0 aromatic heterocycles. The molecule has 2 aliphatic rings. The molecule has 0 radical (unpaired) electrons. The minimum atomic E-state index is -2.00. The van der Waals surface area contributed by atoms with E-state index in [0.29, 0.717) is 12.3 Å². The van der Waals surface area contributed by atoms with E-state index in [2.05, 4.69) is 111 Å². The number of hydrogen-bond acceptors (Lipinski definition) is 6. The summed E-state index contributed by atoms with van der Waals surface area (Å²) in [5.74, 6) is 1.56. The number of methoxy groups -OCH3 is 1. The minimum absolute atomic E-state index is 0.120. The average Bonchev–Trinajstić information content (AvgIpc) is 3.52. The number of ether oxygens (including phenoxy) is 2. The van der Waals surface area contributed by atoms with Gasteiger partial charge in [0.2, 0.25) is 0 Å². The van der Waals surface area contributed by atoms with Crippen LogP contribution in [0.15, 0.2) is 58.0 Å². The molecule has 1 aromatic rings. The van der Waals surface area contributed by atoms with E-state index in [9.17, 15) is 4.79 Å². The second-order valence-corrected chi connectivity index (χ2v) is 27.4. The van der Waals surface area contributed by atoms with E-state index in [4.69, 9.17) is 18.3 Å². The van der Waals surface area contributed by atoms with E-state index in [1.54, 1.807) is 11.8 Å². The van der Waals surface area contributed by atoms with Crippen molar-refractivity contribution in [2.24, 2.45) is 11.8 Å². The monoisotopic (exact) mass is 702 g/mol. The number of thioether (sulfide) groups is 1. The summed E-state index contributed by atoms with van der Waals surface area (Å²) in [5.41, 5.74) is 0. The molecule has 5 nitrogen and oxygen atoms in total. The summed E-state index contributed by atoms with van der Waals surface area (Å²) in [5, 5.41) is 0.300. The van der Waals surface area contributed by atoms with Gasteiger partial charge < -0.3 is 18.3 Å². The lowest BCUT2D eigenvalue weighted by molar-refractivity contribution is -0.140. The smallest absolute Gasteiger partial charge is 0.305 e. The molecule has 3 rings (SSSR count). The molecule has 0 unspecified atom stereocenters. The largest absolute Gasteiger partial charge is 0.493 e. The molecule has 1 aromatic carbocycles. The molecule has 1 saturated carbocycles. The van der Waals surface area contributed by atoms with E-state index in [0.717, 1.165) is 37.9 Å². The summed E-state index contributed by atoms with van der Waals surface area (Å²) in [6.07, 6.45) is 13.7. The first-order chi connectivity index (χ1) is 21.9. The quantitative estimate of drug-likeness (QED) is 0.0562. The Balaban J connectivity index is 1.95. The second-order valence-electron chi connectivity index (χ2n) is 16.7. The highest BCUT2D eigenvalue weighted by Gasteiger charge is 2.52. The number of rotatable bonds is 16. The van der Waals surface area contributed by atoms with Crippen LogP contribution in [0.2, 0.25) is 36.3 Å². The zero-order valence-electron chi connectivity index (χ0n) is 31.7. The van der Waals surface area contributed by atoms with Crippen LogP contribution < -0.4 is 0 Å². The van der Waals surface area contributed by atoms with Crippen molar-refractivity contribution in [1.82, 2.24) is 0 Å². The molecule has 0 bridgehead atoms. The number of esters is 1. The van der Waals surface area contributed by atoms with Gasteiger partial charge in [-0.15, -0.1) is 0 Å². The topological polar surface area (TPSA) is 54.0 Å². The van der Waals surface area contributed by atoms with Crippen molar-refractivity contribution < 1.29 is 23.1 Å². The molecule has 1 heterocycles. The van der Waals surface area contributed by atoms with Gasteiger partial charge in [-0.2, -0.15) is 0 Å². The molecule has 5 atom stereocenters. The Kier molecular flexibility index (Phi) is 14.6. The van der Waals surface area contributed by atoms with E-state index in [1.165, 1.54) is 36.2 Å². The lowest BCUT2D eigenvalue weighted by atomic mass is 9.90. The fourth-order valence-electron chi connectivity index (χ4n) is 6.03. The number of allylic oxidation sites excluding steroid dienone is 2. The molecule has 47 heavy (non-hydrogen) atoms. The average molecular weight is 703 g/mol. The maximum Gasteiger partial charge on any atom is 0.305 e. The zero-order valence-corrected chi connectivity index (χ0v) is 34.6. The van der Waals surface area contributed by atoms with Gasteiger partial charge in [0.05, 0.1) is 19.3 Å². The number of fused-ring (bicyclic) bond motifs is 1. The van der Waals surface area contributed by atoms with Crippen LogP contribution in [0.3, 0.4) is 0 Å². The van der Waals surface area contributed by atoms with Crippen molar-refractivity contribution in [3.8, 4) is 0 Å². The van der Waals surface area contributed by atoms with Crippen LogP contribution in [0, 0.1) is 11.8 Å². The van der Waals surface area contributed by atoms with Gasteiger partial charge in [0.1, 0.15) is 11.9 Å². The van der Waals surface area contributed by atoms with Crippen molar-refractivity contribution in [2.75, 3.05) is 7.11 Å². The molecule has 0 N–H and O–H groups in total. The van der Waals surface area contributed by atoms with Crippen molar-refractivity contribution in [3.63, 3.8) is 0 Å². The van der Waals surface area contributed by atoms with Gasteiger partial charge in [-0.3, -0.25) is 4.79 Å². The Morgan fingerprint density at radius 2 is 1.64 bits per heavy atom. The third kappa shape index (κ3) is 11.3. The number of benzene rings is 1. The Morgan fingerprint density at radius 3 is 2.23 bits per heavy atom. The Bertz CT molecular complexity index is 1200. The molecule has 1 saturated heterocycles. The minimum Gasteiger partial charge on any atom is -0.493 e. The highest BCUT2D eigenvalue weighted by atomic mass is 32.2. The Hall–Kier alpha value is -1.33. The van der Waals surface area contributed by atoms with Crippen molar-refractivity contribution in [2.45, 2.75) is 166 Å². The van der Waals surface area contributed by atoms with Crippen LogP contribution in [0.5, 0.6) is 0 Å². The van der Waals surface area contributed by atoms with Crippen molar-refractivity contribution in [1.29, 1.82) is 0 Å². The number of hydrogen-bond donors (Lipinski definition) is 0. The SMILES string of the molecule is CCCCC[C@@H](/C=C/[C@@H]1[C@H]2C/C(=C(/CCCC(=O)OC)Sc3ccccc3)O[C@H]2C[C@H]1O[Si](C)(C)C(C)(C)C)O[Si](C)(C)C(C)(C)C. The third-order valence-corrected chi connectivity index (χ3v) is 21.2. The predicted octanol–water partition coefficient (Wildman–Crippen LogP) is 11.7. The Morgan fingerprint density at radius 1 is 0.979 bits per heavy atom. The highest BCUT2D eigenvalue weighted by molar-refractivity contribution is 8.03. The van der Waals surface area contributed by atoms with Crippen LogP contribution in [-0.2, 0) is 23.1 Å². The van der Waals surface area contributed by atoms with E-state index in [-0.39, 0.29) is 40.3 Å². The van der Waals surface area contributed by atoms with Gasteiger partial charge in [-0.05, 0) is 67.7 Å². The lowest BCUT2D eigenvalue weighted by Crippen LogP contribution is -2.45. The summed E-state index contributed by atoms with van der Waals surface area (Å²) in [7, 11) is -2.48. The predicted molar refractivity (Wildman–Crippen MR) is 204 cm³/mol. The van der Waals surface area contributed by atoms with Crippen LogP contribution >= 0.6 is 11.8 Å². The van der Waals surface area contributed by atoms with Gasteiger partial charge in [-0.25, -0.2) is 0 Å². The fourth-order valence-corrected chi connectivity index (χ4v) is 9.77. The van der Waals surface area contributed by atoms with Crippen molar-refractivity contribution in [3.05, 3.63) is 53.1 Å². The maximum atomic E-state index is 11.9. The third-order valence-electron chi connectivity index (χ3n) is 11.0. The van der Waals surface area contributed by atoms with Gasteiger partial charge in [-0.1, -0.05) is 110 Å². The van der Waals surface area contributed by atoms with Gasteiger partial charge in [0, 0.05) is 40.9 Å². The summed E-state index contributed by atoms with van der Waals surface area (Å²) >= 11 is 1.78. The molecular weight excluding hydrogens is 637 g/mol. The summed E-state index contributed by atoms with van der Waals surface area (Å²) in [4.78, 5) is 14.4. The van der Waals surface area contributed by atoms with Gasteiger partial charge >= 0.3 is 5.97 Å². The molecule has 0 amide bonds. The number of carbonyl (C=O) groups excluding carboxylic acids is 1. The van der Waals surface area contributed by atoms with Crippen LogP contribution in [0.1, 0.15) is 106 Å². The number of carbonyl (C=O) groups is 1. The molecule has 0 spiro atoms. The van der Waals surface area contributed by atoms with E-state index < -0.39 is 16.6 Å². The molecule has 8 heteroatoms. The highest BCUT2D eigenvalue weighted by Crippen LogP contribution is 2.51. The first kappa shape index (κ1) is 40.1. The molecule has 266 valence electrons. The van der Waals surface area contributed by atoms with Crippen molar-refractivity contribution >= 4 is 34.4 Å². The van der Waals surface area contributed by atoms with Crippen LogP contribution in [0.4, 0.5) is 0 Å². The number of unbranched alkanes of at least 4 members (excludes halogenated alkanes) is 2. The molecule has 2 fully saturated rings. The molecule has 1 aliphatic carbocycles. The van der Waals surface area contributed by atoms with E-state index in [1.807, 2.05) is 6.07 Å². The first-order valence-electron chi connectivity index (χ1n) is 18.1. The van der Waals surface area contributed by atoms with Crippen LogP contribution in [0.25, 0.3) is 0 Å². The zero-order chi connectivity index (χ0) is 35.0. The normalized spacial score (nSPS) is 23.9. The van der Waals surface area contributed by atoms with E-state index >= 15 is 0 Å². The lowest BCUT2D eigenvalue weighted by Gasteiger charge is -2.40. The summed E-state index contributed by atoms with van der Waals surface area (Å²) in [6.45, 7) is 25.7. The second kappa shape index (κ2) is 17.1. The molecule has 1 aliphatic heterocycles. The Labute approximate surface area is 294 Å². The summed E-state index contributed by atoms with van der Waals surface area (Å²) < 4.78 is 26.1. The standard InChI is InChI=1S/C39H66O5SSi2/c1-13-14-16-20-29(43-46(9,10)38(2,3)4)25-26-31-32-27-35(42-33(32)28-34(31)44-47(11,12)39(5,6)7)36(23-19-24-37(40)41-8)45-30-21-17-15-18-22-30/h15,17-18,21-22,25-26,29,31-34H,13-14,16,19-20,23-24,27-28H2,1-12H3/b26-25+,36-35+/t29-,31+,32+,33-,34+/m0/s1. The maximum absolute atomic E-state index is 11.9. The molecular formula is C39H66O5SSi2. The van der Waals surface area contributed by atoms with Crippen LogP contribution in [-0.4, -0.2) is 48.0 Å². The van der Waals surface area contributed by atoms with Gasteiger partial charge in [0.15, 0.2) is 16.6 Å². The first-order valence-corrected chi connectivity index (χ1v) is 24.7.